The molecule has 1 saturated carbocycles. The van der Waals surface area contributed by atoms with E-state index >= 15 is 0 Å². The zero-order chi connectivity index (χ0) is 14.9. The number of aliphatic hydroxyl groups is 1. The first-order chi connectivity index (χ1) is 10.1. The molecular weight excluding hydrogens is 266 g/mol. The molecule has 1 atom stereocenters. The highest BCUT2D eigenvalue weighted by molar-refractivity contribution is 5.94. The van der Waals surface area contributed by atoms with E-state index in [2.05, 4.69) is 0 Å². The average Bonchev–Trinajstić information content (AvgIpc) is 3.31. The van der Waals surface area contributed by atoms with Gasteiger partial charge in [-0.25, -0.2) is 0 Å². The molecule has 2 aliphatic rings. The van der Waals surface area contributed by atoms with Gasteiger partial charge in [0, 0.05) is 24.1 Å². The Labute approximate surface area is 125 Å². The SMILES string of the molecule is O=C(c1ccc(O)cc1)N1CCC[C@@](CO)(CC2CC2)C1. The predicted octanol–water partition coefficient (Wildman–Crippen LogP) is 2.41. The molecule has 3 rings (SSSR count). The number of hydrogen-bond donors (Lipinski definition) is 2. The summed E-state index contributed by atoms with van der Waals surface area (Å²) >= 11 is 0. The van der Waals surface area contributed by atoms with Crippen molar-refractivity contribution in [3.05, 3.63) is 29.8 Å². The zero-order valence-corrected chi connectivity index (χ0v) is 12.3. The Morgan fingerprint density at radius 3 is 2.62 bits per heavy atom. The van der Waals surface area contributed by atoms with Crippen molar-refractivity contribution in [2.45, 2.75) is 32.1 Å². The fourth-order valence-corrected chi connectivity index (χ4v) is 3.46. The summed E-state index contributed by atoms with van der Waals surface area (Å²) in [6.45, 7) is 1.58. The maximum atomic E-state index is 12.6. The van der Waals surface area contributed by atoms with Crippen molar-refractivity contribution in [2.75, 3.05) is 19.7 Å². The van der Waals surface area contributed by atoms with E-state index in [9.17, 15) is 15.0 Å². The van der Waals surface area contributed by atoms with Gasteiger partial charge in [-0.2, -0.15) is 0 Å². The number of carbonyl (C=O) groups excluding carboxylic acids is 1. The first-order valence-electron chi connectivity index (χ1n) is 7.81. The molecule has 1 aromatic carbocycles. The summed E-state index contributed by atoms with van der Waals surface area (Å²) < 4.78 is 0. The first kappa shape index (κ1) is 14.4. The molecule has 1 amide bonds. The molecule has 0 spiro atoms. The Kier molecular flexibility index (Phi) is 3.89. The molecule has 4 nitrogen and oxygen atoms in total. The molecule has 0 bridgehead atoms. The van der Waals surface area contributed by atoms with Gasteiger partial charge >= 0.3 is 0 Å². The van der Waals surface area contributed by atoms with Crippen LogP contribution in [0.3, 0.4) is 0 Å². The fraction of sp³-hybridized carbons (Fsp3) is 0.588. The number of benzene rings is 1. The number of nitrogens with zero attached hydrogens (tertiary/aromatic N) is 1. The van der Waals surface area contributed by atoms with Crippen LogP contribution >= 0.6 is 0 Å². The second kappa shape index (κ2) is 5.68. The van der Waals surface area contributed by atoms with Crippen molar-refractivity contribution in [1.29, 1.82) is 0 Å². The number of phenolic OH excluding ortho intramolecular Hbond substituents is 1. The number of carbonyl (C=O) groups is 1. The second-order valence-electron chi connectivity index (χ2n) is 6.68. The fourth-order valence-electron chi connectivity index (χ4n) is 3.46. The topological polar surface area (TPSA) is 60.8 Å². The minimum atomic E-state index is -0.105. The summed E-state index contributed by atoms with van der Waals surface area (Å²) in [6.07, 6.45) is 5.56. The molecular formula is C17H23NO3. The minimum Gasteiger partial charge on any atom is -0.508 e. The van der Waals surface area contributed by atoms with Gasteiger partial charge in [-0.1, -0.05) is 12.8 Å². The van der Waals surface area contributed by atoms with Crippen LogP contribution in [0.1, 0.15) is 42.5 Å². The van der Waals surface area contributed by atoms with Gasteiger partial charge in [-0.3, -0.25) is 4.79 Å². The van der Waals surface area contributed by atoms with E-state index in [1.54, 1.807) is 24.3 Å². The van der Waals surface area contributed by atoms with Crippen LogP contribution in [0, 0.1) is 11.3 Å². The molecule has 1 saturated heterocycles. The lowest BCUT2D eigenvalue weighted by Crippen LogP contribution is -2.48. The number of hydrogen-bond acceptors (Lipinski definition) is 3. The van der Waals surface area contributed by atoms with Gasteiger partial charge in [0.1, 0.15) is 5.75 Å². The number of piperidine rings is 1. The van der Waals surface area contributed by atoms with Crippen LogP contribution in [0.5, 0.6) is 5.75 Å². The van der Waals surface area contributed by atoms with Crippen molar-refractivity contribution in [2.24, 2.45) is 11.3 Å². The summed E-state index contributed by atoms with van der Waals surface area (Å²) in [5, 5.41) is 19.2. The molecule has 21 heavy (non-hydrogen) atoms. The third kappa shape index (κ3) is 3.21. The Morgan fingerprint density at radius 2 is 2.00 bits per heavy atom. The van der Waals surface area contributed by atoms with Crippen molar-refractivity contribution in [3.8, 4) is 5.75 Å². The van der Waals surface area contributed by atoms with Crippen LogP contribution in [0.4, 0.5) is 0 Å². The maximum absolute atomic E-state index is 12.6. The highest BCUT2D eigenvalue weighted by Crippen LogP contribution is 2.44. The maximum Gasteiger partial charge on any atom is 0.253 e. The van der Waals surface area contributed by atoms with E-state index in [-0.39, 0.29) is 23.7 Å². The average molecular weight is 289 g/mol. The van der Waals surface area contributed by atoms with Crippen LogP contribution in [-0.4, -0.2) is 40.7 Å². The Morgan fingerprint density at radius 1 is 1.29 bits per heavy atom. The summed E-state index contributed by atoms with van der Waals surface area (Å²) in [5.41, 5.74) is 0.499. The highest BCUT2D eigenvalue weighted by Gasteiger charge is 2.41. The third-order valence-electron chi connectivity index (χ3n) is 4.82. The van der Waals surface area contributed by atoms with Crippen LogP contribution in [-0.2, 0) is 0 Å². The van der Waals surface area contributed by atoms with Gasteiger partial charge in [0.05, 0.1) is 6.61 Å². The van der Waals surface area contributed by atoms with Gasteiger partial charge in [0.15, 0.2) is 0 Å². The van der Waals surface area contributed by atoms with E-state index in [1.807, 2.05) is 4.90 Å². The molecule has 0 aromatic heterocycles. The molecule has 2 N–H and O–H groups in total. The van der Waals surface area contributed by atoms with Crippen LogP contribution in [0.25, 0.3) is 0 Å². The Hall–Kier alpha value is -1.55. The number of aromatic hydroxyl groups is 1. The normalized spacial score (nSPS) is 25.9. The van der Waals surface area contributed by atoms with Gasteiger partial charge in [-0.05, 0) is 49.4 Å². The lowest BCUT2D eigenvalue weighted by atomic mass is 9.76. The van der Waals surface area contributed by atoms with Gasteiger partial charge < -0.3 is 15.1 Å². The molecule has 1 aliphatic carbocycles. The summed E-state index contributed by atoms with van der Waals surface area (Å²) in [6, 6.07) is 6.41. The highest BCUT2D eigenvalue weighted by atomic mass is 16.3. The molecule has 1 aliphatic heterocycles. The van der Waals surface area contributed by atoms with E-state index in [1.165, 1.54) is 12.8 Å². The summed E-state index contributed by atoms with van der Waals surface area (Å²) in [5.74, 6) is 0.924. The molecule has 1 aromatic rings. The van der Waals surface area contributed by atoms with Crippen molar-refractivity contribution in [3.63, 3.8) is 0 Å². The van der Waals surface area contributed by atoms with Crippen LogP contribution < -0.4 is 0 Å². The van der Waals surface area contributed by atoms with Crippen molar-refractivity contribution < 1.29 is 15.0 Å². The lowest BCUT2D eigenvalue weighted by Gasteiger charge is -2.42. The predicted molar refractivity (Wildman–Crippen MR) is 80.1 cm³/mol. The molecule has 114 valence electrons. The monoisotopic (exact) mass is 289 g/mol. The van der Waals surface area contributed by atoms with Gasteiger partial charge in [-0.15, -0.1) is 0 Å². The van der Waals surface area contributed by atoms with E-state index in [0.29, 0.717) is 12.1 Å². The molecule has 0 unspecified atom stereocenters. The standard InChI is InChI=1S/C17H23NO3/c19-12-17(10-13-2-3-13)8-1-9-18(11-17)16(21)14-4-6-15(20)7-5-14/h4-7,13,19-20H,1-3,8-12H2/t17-/m1/s1. The number of rotatable bonds is 4. The lowest BCUT2D eigenvalue weighted by molar-refractivity contribution is 0.0196. The zero-order valence-electron chi connectivity index (χ0n) is 12.3. The molecule has 0 radical (unpaired) electrons. The van der Waals surface area contributed by atoms with Gasteiger partial charge in [0.2, 0.25) is 0 Å². The summed E-state index contributed by atoms with van der Waals surface area (Å²) in [7, 11) is 0. The number of aliphatic hydroxyl groups excluding tert-OH is 1. The first-order valence-corrected chi connectivity index (χ1v) is 7.81. The largest absolute Gasteiger partial charge is 0.508 e. The van der Waals surface area contributed by atoms with E-state index in [4.69, 9.17) is 0 Å². The molecule has 2 fully saturated rings. The van der Waals surface area contributed by atoms with E-state index < -0.39 is 0 Å². The smallest absolute Gasteiger partial charge is 0.253 e. The number of phenols is 1. The molecule has 1 heterocycles. The summed E-state index contributed by atoms with van der Waals surface area (Å²) in [4.78, 5) is 14.4. The van der Waals surface area contributed by atoms with Crippen molar-refractivity contribution in [1.82, 2.24) is 4.90 Å². The Balaban J connectivity index is 1.72. The van der Waals surface area contributed by atoms with Crippen LogP contribution in [0.15, 0.2) is 24.3 Å². The third-order valence-corrected chi connectivity index (χ3v) is 4.82. The quantitative estimate of drug-likeness (QED) is 0.895. The van der Waals surface area contributed by atoms with E-state index in [0.717, 1.165) is 31.7 Å². The molecule has 4 heteroatoms. The second-order valence-corrected chi connectivity index (χ2v) is 6.68. The van der Waals surface area contributed by atoms with Crippen LogP contribution in [0.2, 0.25) is 0 Å². The number of amides is 1. The number of likely N-dealkylation sites (tertiary alicyclic amines) is 1. The Bertz CT molecular complexity index is 509. The van der Waals surface area contributed by atoms with Crippen molar-refractivity contribution >= 4 is 5.91 Å². The minimum absolute atomic E-state index is 0.00308. The van der Waals surface area contributed by atoms with Gasteiger partial charge in [0.25, 0.3) is 5.91 Å².